The van der Waals surface area contributed by atoms with E-state index in [4.69, 9.17) is 0 Å². The summed E-state index contributed by atoms with van der Waals surface area (Å²) in [7, 11) is -3.46. The van der Waals surface area contributed by atoms with Gasteiger partial charge >= 0.3 is 0 Å². The molecule has 0 saturated heterocycles. The first kappa shape index (κ1) is 16.0. The number of thioether (sulfide) groups is 1. The number of carbonyl (C=O) groups is 1. The topological polar surface area (TPSA) is 63.2 Å². The van der Waals surface area contributed by atoms with E-state index in [-0.39, 0.29) is 21.7 Å². The number of nitrogens with one attached hydrogen (secondary N) is 1. The van der Waals surface area contributed by atoms with Crippen molar-refractivity contribution < 1.29 is 17.6 Å². The van der Waals surface area contributed by atoms with Crippen LogP contribution in [0.25, 0.3) is 0 Å². The van der Waals surface area contributed by atoms with Crippen molar-refractivity contribution in [3.63, 3.8) is 0 Å². The molecule has 3 rings (SSSR count). The number of hydrogen-bond acceptors (Lipinski definition) is 4. The summed E-state index contributed by atoms with van der Waals surface area (Å²) in [5, 5.41) is 2.15. The molecule has 7 heteroatoms. The Kier molecular flexibility index (Phi) is 4.16. The summed E-state index contributed by atoms with van der Waals surface area (Å²) in [6, 6.07) is 11.1. The molecule has 0 bridgehead atoms. The van der Waals surface area contributed by atoms with Crippen LogP contribution in [0.15, 0.2) is 52.3 Å². The molecule has 120 valence electrons. The van der Waals surface area contributed by atoms with Gasteiger partial charge < -0.3 is 5.32 Å². The van der Waals surface area contributed by atoms with Crippen LogP contribution in [0.4, 0.5) is 10.1 Å². The molecule has 0 aliphatic carbocycles. The summed E-state index contributed by atoms with van der Waals surface area (Å²) in [5.74, 6) is -0.998. The van der Waals surface area contributed by atoms with Gasteiger partial charge in [-0.1, -0.05) is 18.2 Å². The van der Waals surface area contributed by atoms with E-state index in [0.717, 1.165) is 28.8 Å². The summed E-state index contributed by atoms with van der Waals surface area (Å²) >= 11 is 1.43. The normalized spacial score (nSPS) is 16.9. The summed E-state index contributed by atoms with van der Waals surface area (Å²) in [6.07, 6.45) is 1.61. The van der Waals surface area contributed by atoms with Crippen LogP contribution in [0, 0.1) is 5.82 Å². The second-order valence-corrected chi connectivity index (χ2v) is 8.58. The number of carbonyl (C=O) groups excluding carboxylic acids is 1. The molecular formula is C16H14FNO3S2. The lowest BCUT2D eigenvalue weighted by Gasteiger charge is -2.11. The second-order valence-electron chi connectivity index (χ2n) is 5.32. The van der Waals surface area contributed by atoms with Crippen LogP contribution in [-0.4, -0.2) is 25.8 Å². The molecule has 4 nitrogen and oxygen atoms in total. The van der Waals surface area contributed by atoms with Crippen LogP contribution >= 0.6 is 11.8 Å². The van der Waals surface area contributed by atoms with Crippen LogP contribution in [0.5, 0.6) is 0 Å². The van der Waals surface area contributed by atoms with Gasteiger partial charge in [0, 0.05) is 11.2 Å². The molecule has 2 aromatic carbocycles. The lowest BCUT2D eigenvalue weighted by molar-refractivity contribution is -0.115. The Balaban J connectivity index is 1.79. The summed E-state index contributed by atoms with van der Waals surface area (Å²) in [4.78, 5) is 13.4. The quantitative estimate of drug-likeness (QED) is 0.864. The number of hydrogen-bond donors (Lipinski definition) is 1. The Morgan fingerprint density at radius 3 is 2.70 bits per heavy atom. The Hall–Kier alpha value is -1.86. The second kappa shape index (κ2) is 5.98. The molecule has 0 spiro atoms. The van der Waals surface area contributed by atoms with E-state index in [9.17, 15) is 17.6 Å². The van der Waals surface area contributed by atoms with Gasteiger partial charge in [0.2, 0.25) is 5.91 Å². The zero-order chi connectivity index (χ0) is 16.6. The maximum Gasteiger partial charge on any atom is 0.238 e. The maximum atomic E-state index is 13.9. The molecule has 0 aromatic heterocycles. The monoisotopic (exact) mass is 351 g/mol. The van der Waals surface area contributed by atoms with E-state index in [2.05, 4.69) is 5.32 Å². The highest BCUT2D eigenvalue weighted by Gasteiger charge is 2.28. The lowest BCUT2D eigenvalue weighted by Crippen LogP contribution is -2.25. The third kappa shape index (κ3) is 3.40. The number of fused-ring (bicyclic) bond motifs is 1. The van der Waals surface area contributed by atoms with Gasteiger partial charge in [0.25, 0.3) is 0 Å². The van der Waals surface area contributed by atoms with Crippen LogP contribution in [0.3, 0.4) is 0 Å². The SMILES string of the molecule is CS(=O)(=O)c1ccc(F)c(NC(=O)C2Cc3ccccc3S2)c1. The van der Waals surface area contributed by atoms with Gasteiger partial charge in [-0.25, -0.2) is 12.8 Å². The first-order chi connectivity index (χ1) is 10.8. The van der Waals surface area contributed by atoms with Gasteiger partial charge in [-0.2, -0.15) is 0 Å². The van der Waals surface area contributed by atoms with Crippen LogP contribution in [-0.2, 0) is 21.1 Å². The highest BCUT2D eigenvalue weighted by atomic mass is 32.2. The first-order valence-corrected chi connectivity index (χ1v) is 9.67. The van der Waals surface area contributed by atoms with E-state index in [1.54, 1.807) is 0 Å². The highest BCUT2D eigenvalue weighted by Crippen LogP contribution is 2.37. The van der Waals surface area contributed by atoms with E-state index in [0.29, 0.717) is 6.42 Å². The third-order valence-corrected chi connectivity index (χ3v) is 5.99. The molecule has 1 aliphatic rings. The smallest absolute Gasteiger partial charge is 0.238 e. The van der Waals surface area contributed by atoms with Crippen molar-refractivity contribution in [1.82, 2.24) is 0 Å². The Morgan fingerprint density at radius 1 is 1.26 bits per heavy atom. The Morgan fingerprint density at radius 2 is 2.00 bits per heavy atom. The van der Waals surface area contributed by atoms with Crippen molar-refractivity contribution >= 4 is 33.2 Å². The predicted molar refractivity (Wildman–Crippen MR) is 87.9 cm³/mol. The molecule has 0 fully saturated rings. The fourth-order valence-corrected chi connectivity index (χ4v) is 4.21. The fourth-order valence-electron chi connectivity index (χ4n) is 2.37. The minimum Gasteiger partial charge on any atom is -0.323 e. The van der Waals surface area contributed by atoms with Gasteiger partial charge in [-0.3, -0.25) is 4.79 Å². The molecule has 1 N–H and O–H groups in total. The van der Waals surface area contributed by atoms with E-state index in [1.165, 1.54) is 17.8 Å². The number of rotatable bonds is 3. The number of benzene rings is 2. The summed E-state index contributed by atoms with van der Waals surface area (Å²) in [6.45, 7) is 0. The molecule has 1 heterocycles. The van der Waals surface area contributed by atoms with E-state index >= 15 is 0 Å². The zero-order valence-electron chi connectivity index (χ0n) is 12.2. The van der Waals surface area contributed by atoms with Gasteiger partial charge in [0.05, 0.1) is 15.8 Å². The molecule has 1 unspecified atom stereocenters. The van der Waals surface area contributed by atoms with Gasteiger partial charge in [-0.05, 0) is 36.2 Å². The number of anilines is 1. The molecule has 0 radical (unpaired) electrons. The largest absolute Gasteiger partial charge is 0.323 e. The lowest BCUT2D eigenvalue weighted by atomic mass is 10.1. The molecule has 0 saturated carbocycles. The van der Waals surface area contributed by atoms with Gasteiger partial charge in [-0.15, -0.1) is 11.8 Å². The van der Waals surface area contributed by atoms with Crippen molar-refractivity contribution in [2.45, 2.75) is 21.5 Å². The number of sulfone groups is 1. The Labute approximate surface area is 138 Å². The summed E-state index contributed by atoms with van der Waals surface area (Å²) < 4.78 is 36.9. The Bertz CT molecular complexity index is 856. The minimum absolute atomic E-state index is 0.0310. The first-order valence-electron chi connectivity index (χ1n) is 6.89. The fraction of sp³-hybridized carbons (Fsp3) is 0.188. The van der Waals surface area contributed by atoms with Crippen LogP contribution in [0.1, 0.15) is 5.56 Å². The van der Waals surface area contributed by atoms with Crippen molar-refractivity contribution in [3.05, 3.63) is 53.8 Å². The molecule has 1 aliphatic heterocycles. The van der Waals surface area contributed by atoms with Crippen molar-refractivity contribution in [2.75, 3.05) is 11.6 Å². The standard InChI is InChI=1S/C16H14FNO3S2/c1-23(20,21)11-6-7-12(17)13(9-11)18-16(19)15-8-10-4-2-3-5-14(10)22-15/h2-7,9,15H,8H2,1H3,(H,18,19). The third-order valence-electron chi connectivity index (χ3n) is 3.56. The number of halogens is 1. The van der Waals surface area contributed by atoms with Crippen molar-refractivity contribution in [3.8, 4) is 0 Å². The average Bonchev–Trinajstić information content (AvgIpc) is 2.92. The molecule has 23 heavy (non-hydrogen) atoms. The van der Waals surface area contributed by atoms with Crippen LogP contribution in [0.2, 0.25) is 0 Å². The predicted octanol–water partition coefficient (Wildman–Crippen LogP) is 2.88. The van der Waals surface area contributed by atoms with Gasteiger partial charge in [0.1, 0.15) is 5.82 Å². The number of amides is 1. The van der Waals surface area contributed by atoms with Gasteiger partial charge in [0.15, 0.2) is 9.84 Å². The molecular weight excluding hydrogens is 337 g/mol. The highest BCUT2D eigenvalue weighted by molar-refractivity contribution is 8.01. The minimum atomic E-state index is -3.46. The maximum absolute atomic E-state index is 13.9. The molecule has 2 aromatic rings. The van der Waals surface area contributed by atoms with Crippen molar-refractivity contribution in [1.29, 1.82) is 0 Å². The van der Waals surface area contributed by atoms with E-state index in [1.807, 2.05) is 24.3 Å². The van der Waals surface area contributed by atoms with Crippen LogP contribution < -0.4 is 5.32 Å². The molecule has 1 atom stereocenters. The molecule has 1 amide bonds. The average molecular weight is 351 g/mol. The zero-order valence-corrected chi connectivity index (χ0v) is 13.9. The van der Waals surface area contributed by atoms with E-state index < -0.39 is 15.7 Å². The summed E-state index contributed by atoms with van der Waals surface area (Å²) in [5.41, 5.74) is 0.970. The van der Waals surface area contributed by atoms with Crippen molar-refractivity contribution in [2.24, 2.45) is 0 Å².